The first kappa shape index (κ1) is 25.0. The van der Waals surface area contributed by atoms with Crippen molar-refractivity contribution in [2.75, 3.05) is 6.54 Å². The molecule has 0 aliphatic heterocycles. The van der Waals surface area contributed by atoms with Crippen LogP contribution in [0.25, 0.3) is 21.5 Å². The summed E-state index contributed by atoms with van der Waals surface area (Å²) in [5.74, 6) is 0. The highest BCUT2D eigenvalue weighted by Gasteiger charge is 2.15. The molecule has 4 aromatic rings. The lowest BCUT2D eigenvalue weighted by molar-refractivity contribution is 0.581. The molecule has 1 N–H and O–H groups in total. The summed E-state index contributed by atoms with van der Waals surface area (Å²) in [6, 6.07) is 10.6. The van der Waals surface area contributed by atoms with Crippen LogP contribution in [0.3, 0.4) is 0 Å². The highest BCUT2D eigenvalue weighted by Crippen LogP contribution is 2.30. The number of pyridine rings is 2. The zero-order chi connectivity index (χ0) is 23.5. The zero-order valence-electron chi connectivity index (χ0n) is 17.2. The molecule has 0 fully saturated rings. The number of nitrogens with zero attached hydrogens (tertiary/aromatic N) is 2. The van der Waals surface area contributed by atoms with Gasteiger partial charge in [-0.15, -0.1) is 0 Å². The van der Waals surface area contributed by atoms with Gasteiger partial charge in [0.2, 0.25) is 10.0 Å². The summed E-state index contributed by atoms with van der Waals surface area (Å²) in [4.78, 5) is 8.04. The highest BCUT2D eigenvalue weighted by atomic mass is 35.5. The molecular formula is C22H19Cl4N3O2S. The van der Waals surface area contributed by atoms with E-state index in [0.717, 1.165) is 22.8 Å². The van der Waals surface area contributed by atoms with Gasteiger partial charge in [-0.1, -0.05) is 77.1 Å². The largest absolute Gasteiger partial charge is 0.242 e. The number of halogens is 4. The van der Waals surface area contributed by atoms with Crippen LogP contribution in [0.2, 0.25) is 20.4 Å². The van der Waals surface area contributed by atoms with Gasteiger partial charge in [0.15, 0.2) is 0 Å². The van der Waals surface area contributed by atoms with E-state index in [2.05, 4.69) is 14.7 Å². The van der Waals surface area contributed by atoms with Crippen molar-refractivity contribution >= 4 is 78.0 Å². The Morgan fingerprint density at radius 2 is 1.34 bits per heavy atom. The van der Waals surface area contributed by atoms with E-state index in [4.69, 9.17) is 46.4 Å². The van der Waals surface area contributed by atoms with Gasteiger partial charge in [-0.2, -0.15) is 0 Å². The maximum atomic E-state index is 12.0. The summed E-state index contributed by atoms with van der Waals surface area (Å²) in [6.07, 6.45) is 3.73. The molecule has 0 aliphatic rings. The minimum Gasteiger partial charge on any atom is -0.242 e. The summed E-state index contributed by atoms with van der Waals surface area (Å²) in [5, 5.41) is 4.87. The lowest BCUT2D eigenvalue weighted by Crippen LogP contribution is -2.24. The summed E-state index contributed by atoms with van der Waals surface area (Å²) in [5.41, 5.74) is 1.15. The molecule has 0 bridgehead atoms. The monoisotopic (exact) mass is 529 g/mol. The van der Waals surface area contributed by atoms with Gasteiger partial charge in [0.1, 0.15) is 10.3 Å². The van der Waals surface area contributed by atoms with E-state index < -0.39 is 10.0 Å². The van der Waals surface area contributed by atoms with Crippen LogP contribution in [-0.2, 0) is 10.0 Å². The van der Waals surface area contributed by atoms with Crippen LogP contribution in [-0.4, -0.2) is 24.9 Å². The molecule has 168 valence electrons. The summed E-state index contributed by atoms with van der Waals surface area (Å²) < 4.78 is 26.5. The van der Waals surface area contributed by atoms with Gasteiger partial charge >= 0.3 is 0 Å². The maximum Gasteiger partial charge on any atom is 0.240 e. The van der Waals surface area contributed by atoms with Crippen molar-refractivity contribution in [2.45, 2.75) is 25.2 Å². The van der Waals surface area contributed by atoms with Crippen LogP contribution >= 0.6 is 46.4 Å². The number of hydrogen-bond acceptors (Lipinski definition) is 4. The van der Waals surface area contributed by atoms with Gasteiger partial charge in [-0.25, -0.2) is 23.1 Å². The first-order chi connectivity index (χ1) is 15.1. The van der Waals surface area contributed by atoms with Crippen LogP contribution in [0, 0.1) is 6.92 Å². The normalized spacial score (nSPS) is 11.4. The molecule has 5 nitrogen and oxygen atoms in total. The van der Waals surface area contributed by atoms with Crippen molar-refractivity contribution in [3.8, 4) is 0 Å². The van der Waals surface area contributed by atoms with E-state index in [1.807, 2.05) is 32.0 Å². The van der Waals surface area contributed by atoms with E-state index in [9.17, 15) is 8.42 Å². The van der Waals surface area contributed by atoms with E-state index in [-0.39, 0.29) is 10.0 Å². The summed E-state index contributed by atoms with van der Waals surface area (Å²) >= 11 is 23.9. The SMILES string of the molecule is CCCNS(=O)(=O)c1ccc2c(Cl)cnc(Cl)c2c1.Cc1ccc2c(Cl)cnc(Cl)c2c1. The second kappa shape index (κ2) is 10.5. The minimum absolute atomic E-state index is 0.152. The molecule has 0 saturated carbocycles. The quantitative estimate of drug-likeness (QED) is 0.286. The third-order valence-corrected chi connectivity index (χ3v) is 7.22. The molecule has 2 aromatic heterocycles. The molecule has 0 radical (unpaired) electrons. The molecule has 32 heavy (non-hydrogen) atoms. The van der Waals surface area contributed by atoms with Crippen LogP contribution < -0.4 is 4.72 Å². The van der Waals surface area contributed by atoms with Gasteiger partial charge in [0.25, 0.3) is 0 Å². The molecule has 0 amide bonds. The molecule has 10 heteroatoms. The van der Waals surface area contributed by atoms with Gasteiger partial charge in [0.05, 0.1) is 14.9 Å². The standard InChI is InChI=1S/C12H12Cl2N2O2S.C10H7Cl2N/c1-2-5-16-19(17,18)8-3-4-9-10(6-8)12(14)15-7-11(9)13;1-6-2-3-7-8(4-6)10(12)13-5-9(7)11/h3-4,6-7,16H,2,5H2,1H3;2-5H,1H3. The Morgan fingerprint density at radius 3 is 1.91 bits per heavy atom. The van der Waals surface area contributed by atoms with Gasteiger partial charge in [-0.05, 0) is 31.5 Å². The smallest absolute Gasteiger partial charge is 0.240 e. The van der Waals surface area contributed by atoms with Crippen molar-refractivity contribution < 1.29 is 8.42 Å². The molecule has 2 heterocycles. The fourth-order valence-electron chi connectivity index (χ4n) is 2.93. The number of benzene rings is 2. The fraction of sp³-hybridized carbons (Fsp3) is 0.182. The first-order valence-corrected chi connectivity index (χ1v) is 12.6. The van der Waals surface area contributed by atoms with E-state index in [1.165, 1.54) is 18.3 Å². The second-order valence-electron chi connectivity index (χ2n) is 6.95. The number of hydrogen-bond donors (Lipinski definition) is 1. The molecule has 0 atom stereocenters. The highest BCUT2D eigenvalue weighted by molar-refractivity contribution is 7.89. The molecule has 0 unspecified atom stereocenters. The van der Waals surface area contributed by atoms with Crippen molar-refractivity contribution in [3.63, 3.8) is 0 Å². The summed E-state index contributed by atoms with van der Waals surface area (Å²) in [7, 11) is -3.52. The van der Waals surface area contributed by atoms with Gasteiger partial charge in [0, 0.05) is 40.5 Å². The Balaban J connectivity index is 0.000000193. The van der Waals surface area contributed by atoms with Gasteiger partial charge < -0.3 is 0 Å². The van der Waals surface area contributed by atoms with E-state index in [1.54, 1.807) is 12.3 Å². The maximum absolute atomic E-state index is 12.0. The summed E-state index contributed by atoms with van der Waals surface area (Å²) in [6.45, 7) is 4.29. The fourth-order valence-corrected chi connectivity index (χ4v) is 4.93. The topological polar surface area (TPSA) is 72.0 Å². The Kier molecular flexibility index (Phi) is 8.20. The van der Waals surface area contributed by atoms with Crippen molar-refractivity contribution in [1.29, 1.82) is 0 Å². The Labute approximate surface area is 206 Å². The number of sulfonamides is 1. The minimum atomic E-state index is -3.52. The van der Waals surface area contributed by atoms with Crippen molar-refractivity contribution in [3.05, 3.63) is 74.7 Å². The predicted molar refractivity (Wildman–Crippen MR) is 134 cm³/mol. The number of aryl methyl sites for hydroxylation is 1. The number of rotatable bonds is 4. The van der Waals surface area contributed by atoms with Crippen LogP contribution in [0.5, 0.6) is 0 Å². The molecule has 0 spiro atoms. The Hall–Kier alpha value is -1.67. The van der Waals surface area contributed by atoms with E-state index >= 15 is 0 Å². The third-order valence-electron chi connectivity index (χ3n) is 4.56. The zero-order valence-corrected chi connectivity index (χ0v) is 21.0. The number of aromatic nitrogens is 2. The van der Waals surface area contributed by atoms with Gasteiger partial charge in [-0.3, -0.25) is 0 Å². The lowest BCUT2D eigenvalue weighted by atomic mass is 10.1. The number of nitrogens with one attached hydrogen (secondary N) is 1. The average molecular weight is 531 g/mol. The Bertz CT molecular complexity index is 1400. The molecule has 4 rings (SSSR count). The van der Waals surface area contributed by atoms with Crippen molar-refractivity contribution in [1.82, 2.24) is 14.7 Å². The second-order valence-corrected chi connectivity index (χ2v) is 10.2. The van der Waals surface area contributed by atoms with Crippen molar-refractivity contribution in [2.24, 2.45) is 0 Å². The lowest BCUT2D eigenvalue weighted by Gasteiger charge is -2.08. The van der Waals surface area contributed by atoms with Crippen LogP contribution in [0.15, 0.2) is 53.7 Å². The molecule has 0 aliphatic carbocycles. The van der Waals surface area contributed by atoms with Crippen LogP contribution in [0.4, 0.5) is 0 Å². The Morgan fingerprint density at radius 1 is 0.812 bits per heavy atom. The first-order valence-electron chi connectivity index (χ1n) is 9.58. The predicted octanol–water partition coefficient (Wildman–Crippen LogP) is 7.08. The molecule has 2 aromatic carbocycles. The average Bonchev–Trinajstić information content (AvgIpc) is 2.78. The van der Waals surface area contributed by atoms with E-state index in [0.29, 0.717) is 32.5 Å². The molecular weight excluding hydrogens is 512 g/mol. The number of fused-ring (bicyclic) bond motifs is 2. The third kappa shape index (κ3) is 5.63. The molecule has 0 saturated heterocycles. The van der Waals surface area contributed by atoms with Crippen LogP contribution in [0.1, 0.15) is 18.9 Å².